The average molecular weight is 859 g/mol. The topological polar surface area (TPSA) is 164 Å². The van der Waals surface area contributed by atoms with E-state index in [1.165, 1.54) is 0 Å². The number of piperazine rings is 1. The first kappa shape index (κ1) is 39.2. The lowest BCUT2D eigenvalue weighted by Crippen LogP contribution is -2.53. The Morgan fingerprint density at radius 1 is 0.947 bits per heavy atom. The molecule has 57 heavy (non-hydrogen) atoms. The molecule has 2 aromatic carbocycles. The van der Waals surface area contributed by atoms with Crippen LogP contribution in [0.1, 0.15) is 88.9 Å². The van der Waals surface area contributed by atoms with Gasteiger partial charge in [0.2, 0.25) is 11.8 Å². The molecule has 1 aromatic heterocycles. The molecule has 298 valence electrons. The van der Waals surface area contributed by atoms with Crippen LogP contribution >= 0.6 is 27.5 Å². The number of imide groups is 1. The Morgan fingerprint density at radius 2 is 1.72 bits per heavy atom. The number of carbonyl (C=O) groups is 4. The third-order valence-corrected chi connectivity index (χ3v) is 13.1. The van der Waals surface area contributed by atoms with Crippen molar-refractivity contribution in [1.29, 1.82) is 5.26 Å². The Kier molecular flexibility index (Phi) is 11.8. The van der Waals surface area contributed by atoms with E-state index in [9.17, 15) is 19.2 Å². The van der Waals surface area contributed by atoms with Gasteiger partial charge in [0.15, 0.2) is 11.5 Å². The van der Waals surface area contributed by atoms with Gasteiger partial charge >= 0.3 is 0 Å². The van der Waals surface area contributed by atoms with Crippen LogP contribution in [0.2, 0.25) is 5.02 Å². The van der Waals surface area contributed by atoms with Crippen LogP contribution in [-0.2, 0) is 22.7 Å². The van der Waals surface area contributed by atoms with E-state index in [0.29, 0.717) is 46.6 Å². The van der Waals surface area contributed by atoms with Crippen molar-refractivity contribution in [3.63, 3.8) is 0 Å². The minimum atomic E-state index is -0.620. The molecule has 14 nitrogen and oxygen atoms in total. The molecular formula is C41H45BrClN9O5. The molecule has 4 fully saturated rings. The number of nitrogens with one attached hydrogen (secondary N) is 2. The third-order valence-electron chi connectivity index (χ3n) is 12.1. The number of benzene rings is 2. The van der Waals surface area contributed by atoms with Crippen molar-refractivity contribution < 1.29 is 23.9 Å². The van der Waals surface area contributed by atoms with Gasteiger partial charge in [-0.1, -0.05) is 33.6 Å². The molecule has 2 N–H and O–H groups in total. The maximum Gasteiger partial charge on any atom is 0.272 e. The van der Waals surface area contributed by atoms with E-state index in [-0.39, 0.29) is 36.3 Å². The zero-order valence-corrected chi connectivity index (χ0v) is 33.9. The number of nitrogens with zero attached hydrogens (tertiary/aromatic N) is 7. The van der Waals surface area contributed by atoms with Gasteiger partial charge in [0.05, 0.1) is 16.7 Å². The van der Waals surface area contributed by atoms with E-state index in [4.69, 9.17) is 21.6 Å². The molecule has 1 aliphatic carbocycles. The number of nitriles is 1. The molecule has 4 amide bonds. The Hall–Kier alpha value is -4.62. The molecule has 1 unspecified atom stereocenters. The number of rotatable bonds is 9. The molecule has 5 heterocycles. The van der Waals surface area contributed by atoms with E-state index < -0.39 is 11.9 Å². The van der Waals surface area contributed by atoms with Crippen molar-refractivity contribution in [1.82, 2.24) is 35.5 Å². The second-order valence-electron chi connectivity index (χ2n) is 15.6. The number of hydrogen-bond acceptors (Lipinski definition) is 11. The summed E-state index contributed by atoms with van der Waals surface area (Å²) in [6, 6.07) is 14.7. The van der Waals surface area contributed by atoms with Crippen molar-refractivity contribution in [3.05, 3.63) is 79.9 Å². The Balaban J connectivity index is 0.756. The molecule has 0 spiro atoms. The van der Waals surface area contributed by atoms with Gasteiger partial charge in [-0.25, -0.2) is 0 Å². The third kappa shape index (κ3) is 8.79. The molecule has 3 aromatic rings. The summed E-state index contributed by atoms with van der Waals surface area (Å²) in [4.78, 5) is 59.2. The number of halogens is 2. The first-order chi connectivity index (χ1) is 27.6. The number of hydrogen-bond donors (Lipinski definition) is 2. The van der Waals surface area contributed by atoms with Gasteiger partial charge in [0.1, 0.15) is 17.9 Å². The van der Waals surface area contributed by atoms with Crippen LogP contribution in [-0.4, -0.2) is 112 Å². The normalized spacial score (nSPS) is 23.5. The summed E-state index contributed by atoms with van der Waals surface area (Å²) in [6.07, 6.45) is 5.86. The van der Waals surface area contributed by atoms with Crippen LogP contribution in [0.15, 0.2) is 46.9 Å². The largest absolute Gasteiger partial charge is 0.490 e. The SMILES string of the molecule is N#Cc1ccc(OC2CCC(NC(=O)c3ccc(N4CCC(N5CCN(Cc6cc7c(cc6Br)C(=O)N(C6CCC(=O)NC6=O)C7)CC5)CC4)nn3)CC2)cc1Cl. The van der Waals surface area contributed by atoms with Crippen molar-refractivity contribution >= 4 is 57.0 Å². The first-order valence-electron chi connectivity index (χ1n) is 19.8. The predicted molar refractivity (Wildman–Crippen MR) is 215 cm³/mol. The van der Waals surface area contributed by atoms with Crippen LogP contribution in [0, 0.1) is 11.3 Å². The molecule has 3 saturated heterocycles. The van der Waals surface area contributed by atoms with Crippen molar-refractivity contribution in [2.45, 2.75) is 88.7 Å². The van der Waals surface area contributed by atoms with Crippen LogP contribution in [0.3, 0.4) is 0 Å². The minimum Gasteiger partial charge on any atom is -0.490 e. The number of aromatic nitrogens is 2. The molecule has 0 radical (unpaired) electrons. The van der Waals surface area contributed by atoms with E-state index >= 15 is 0 Å². The summed E-state index contributed by atoms with van der Waals surface area (Å²) in [7, 11) is 0. The van der Waals surface area contributed by atoms with E-state index in [2.05, 4.69) is 63.6 Å². The van der Waals surface area contributed by atoms with Gasteiger partial charge in [0.25, 0.3) is 11.8 Å². The summed E-state index contributed by atoms with van der Waals surface area (Å²) in [5.41, 5.74) is 3.39. The molecule has 1 atom stereocenters. The monoisotopic (exact) mass is 857 g/mol. The van der Waals surface area contributed by atoms with E-state index in [1.54, 1.807) is 29.2 Å². The van der Waals surface area contributed by atoms with Gasteiger partial charge in [-0.15, -0.1) is 10.2 Å². The Morgan fingerprint density at radius 3 is 2.40 bits per heavy atom. The van der Waals surface area contributed by atoms with Gasteiger partial charge in [0, 0.05) is 87.0 Å². The zero-order chi connectivity index (χ0) is 39.6. The zero-order valence-electron chi connectivity index (χ0n) is 31.6. The summed E-state index contributed by atoms with van der Waals surface area (Å²) in [5.74, 6) is 0.370. The predicted octanol–water partition coefficient (Wildman–Crippen LogP) is 4.43. The molecule has 8 rings (SSSR count). The van der Waals surface area contributed by atoms with E-state index in [1.807, 2.05) is 12.1 Å². The van der Waals surface area contributed by atoms with Gasteiger partial charge < -0.3 is 19.9 Å². The number of piperidine rings is 2. The average Bonchev–Trinajstić information content (AvgIpc) is 3.53. The number of fused-ring (bicyclic) bond motifs is 1. The Labute approximate surface area is 345 Å². The lowest BCUT2D eigenvalue weighted by atomic mass is 9.93. The second-order valence-corrected chi connectivity index (χ2v) is 16.9. The second kappa shape index (κ2) is 17.1. The summed E-state index contributed by atoms with van der Waals surface area (Å²) in [6.45, 7) is 6.76. The standard InChI is InChI=1S/C41H45BrClN9O5/c42-33-21-32-26(24-52(41(32)56)36-8-10-38(53)46-40(36)55)19-27(33)23-49-15-17-50(18-16-49)29-11-13-51(14-12-29)37-9-7-35(47-48-37)39(54)45-28-2-5-30(6-3-28)57-31-4-1-25(22-44)34(43)20-31/h1,4,7,9,19-21,28-30,36H,2-3,5-6,8,10-18,23-24H2,(H,45,54)(H,46,53,55). The maximum absolute atomic E-state index is 13.2. The molecular weight excluding hydrogens is 814 g/mol. The Bertz CT molecular complexity index is 2070. The lowest BCUT2D eigenvalue weighted by Gasteiger charge is -2.43. The highest BCUT2D eigenvalue weighted by molar-refractivity contribution is 9.10. The highest BCUT2D eigenvalue weighted by atomic mass is 79.9. The van der Waals surface area contributed by atoms with Gasteiger partial charge in [-0.05, 0) is 86.4 Å². The maximum atomic E-state index is 13.2. The van der Waals surface area contributed by atoms with Crippen LogP contribution in [0.4, 0.5) is 5.82 Å². The summed E-state index contributed by atoms with van der Waals surface area (Å²) in [5, 5.41) is 23.7. The lowest BCUT2D eigenvalue weighted by molar-refractivity contribution is -0.136. The highest BCUT2D eigenvalue weighted by Crippen LogP contribution is 2.33. The van der Waals surface area contributed by atoms with Crippen molar-refractivity contribution in [3.8, 4) is 11.8 Å². The molecule has 1 saturated carbocycles. The quantitative estimate of drug-likeness (QED) is 0.293. The van der Waals surface area contributed by atoms with Crippen LogP contribution in [0.25, 0.3) is 0 Å². The minimum absolute atomic E-state index is 0.0257. The molecule has 5 aliphatic rings. The van der Waals surface area contributed by atoms with Gasteiger partial charge in [-0.2, -0.15) is 5.26 Å². The summed E-state index contributed by atoms with van der Waals surface area (Å²) < 4.78 is 6.98. The fraction of sp³-hybridized carbons (Fsp3) is 0.488. The van der Waals surface area contributed by atoms with E-state index in [0.717, 1.165) is 106 Å². The molecule has 4 aliphatic heterocycles. The molecule has 0 bridgehead atoms. The highest BCUT2D eigenvalue weighted by Gasteiger charge is 2.39. The number of amides is 4. The van der Waals surface area contributed by atoms with Crippen LogP contribution < -0.4 is 20.3 Å². The fourth-order valence-electron chi connectivity index (χ4n) is 8.80. The molecule has 16 heteroatoms. The number of ether oxygens (including phenoxy) is 1. The van der Waals surface area contributed by atoms with Crippen LogP contribution in [0.5, 0.6) is 5.75 Å². The summed E-state index contributed by atoms with van der Waals surface area (Å²) >= 11 is 9.86. The smallest absolute Gasteiger partial charge is 0.272 e. The van der Waals surface area contributed by atoms with Crippen molar-refractivity contribution in [2.75, 3.05) is 44.2 Å². The number of anilines is 1. The van der Waals surface area contributed by atoms with Crippen molar-refractivity contribution in [2.24, 2.45) is 0 Å². The van der Waals surface area contributed by atoms with Gasteiger partial charge in [-0.3, -0.25) is 34.3 Å². The first-order valence-corrected chi connectivity index (χ1v) is 21.0. The number of carbonyl (C=O) groups excluding carboxylic acids is 4. The fourth-order valence-corrected chi connectivity index (χ4v) is 9.48.